The van der Waals surface area contributed by atoms with Crippen molar-refractivity contribution in [3.05, 3.63) is 12.8 Å². The summed E-state index contributed by atoms with van der Waals surface area (Å²) in [5, 5.41) is 8.81. The quantitative estimate of drug-likeness (QED) is 0.468. The Balaban J connectivity index is 3.36. The maximum atomic E-state index is 8.81. The molecule has 0 aromatic carbocycles. The highest BCUT2D eigenvalue weighted by Gasteiger charge is 2.15. The Hall–Kier alpha value is -0.500. The van der Waals surface area contributed by atoms with E-state index in [-0.39, 0.29) is 12.0 Å². The average Bonchev–Trinajstić information content (AvgIpc) is 1.89. The highest BCUT2D eigenvalue weighted by Crippen LogP contribution is 2.18. The molecule has 0 spiro atoms. The van der Waals surface area contributed by atoms with E-state index in [2.05, 4.69) is 6.58 Å². The predicted octanol–water partition coefficient (Wildman–Crippen LogP) is 1.56. The summed E-state index contributed by atoms with van der Waals surface area (Å²) < 4.78 is 4.92. The first-order chi connectivity index (χ1) is 4.62. The lowest BCUT2D eigenvalue weighted by atomic mass is 9.91. The first-order valence-electron chi connectivity index (χ1n) is 3.46. The van der Waals surface area contributed by atoms with Crippen molar-refractivity contribution in [2.75, 3.05) is 13.2 Å². The van der Waals surface area contributed by atoms with Crippen LogP contribution in [-0.4, -0.2) is 18.3 Å². The van der Waals surface area contributed by atoms with E-state index in [1.54, 1.807) is 0 Å². The maximum Gasteiger partial charge on any atom is 0.0878 e. The molecule has 10 heavy (non-hydrogen) atoms. The van der Waals surface area contributed by atoms with E-state index in [0.717, 1.165) is 6.42 Å². The van der Waals surface area contributed by atoms with Gasteiger partial charge in [-0.25, -0.2) is 0 Å². The molecule has 0 saturated carbocycles. The summed E-state index contributed by atoms with van der Waals surface area (Å²) >= 11 is 0. The van der Waals surface area contributed by atoms with Crippen LogP contribution in [0.2, 0.25) is 0 Å². The molecule has 0 bridgehead atoms. The van der Waals surface area contributed by atoms with Crippen molar-refractivity contribution in [1.82, 2.24) is 0 Å². The minimum atomic E-state index is -0.0248. The van der Waals surface area contributed by atoms with Crippen LogP contribution in [0.15, 0.2) is 12.8 Å². The van der Waals surface area contributed by atoms with Gasteiger partial charge in [0.15, 0.2) is 0 Å². The van der Waals surface area contributed by atoms with Crippen LogP contribution >= 0.6 is 0 Å². The van der Waals surface area contributed by atoms with E-state index in [1.807, 2.05) is 13.8 Å². The minimum Gasteiger partial charge on any atom is -0.502 e. The number of hydrogen-bond donors (Lipinski definition) is 1. The van der Waals surface area contributed by atoms with Crippen molar-refractivity contribution in [1.29, 1.82) is 0 Å². The molecule has 0 rings (SSSR count). The molecule has 0 heterocycles. The summed E-state index contributed by atoms with van der Waals surface area (Å²) in [7, 11) is 0. The van der Waals surface area contributed by atoms with E-state index >= 15 is 0 Å². The van der Waals surface area contributed by atoms with Gasteiger partial charge >= 0.3 is 0 Å². The van der Waals surface area contributed by atoms with Gasteiger partial charge in [0.05, 0.1) is 12.9 Å². The van der Waals surface area contributed by atoms with Crippen molar-refractivity contribution in [2.45, 2.75) is 20.3 Å². The van der Waals surface area contributed by atoms with Crippen LogP contribution in [0.4, 0.5) is 0 Å². The molecule has 2 nitrogen and oxygen atoms in total. The van der Waals surface area contributed by atoms with E-state index < -0.39 is 0 Å². The number of aliphatic hydroxyl groups is 1. The predicted molar refractivity (Wildman–Crippen MR) is 41.6 cm³/mol. The second-order valence-electron chi connectivity index (χ2n) is 3.11. The lowest BCUT2D eigenvalue weighted by molar-refractivity contribution is 0.116. The van der Waals surface area contributed by atoms with Crippen molar-refractivity contribution in [3.8, 4) is 0 Å². The zero-order valence-electron chi connectivity index (χ0n) is 6.76. The number of rotatable bonds is 5. The third kappa shape index (κ3) is 4.39. The average molecular weight is 144 g/mol. The summed E-state index contributed by atoms with van der Waals surface area (Å²) in [5.41, 5.74) is -0.0248. The van der Waals surface area contributed by atoms with Crippen LogP contribution in [0, 0.1) is 5.41 Å². The first kappa shape index (κ1) is 9.50. The van der Waals surface area contributed by atoms with Crippen LogP contribution in [0.1, 0.15) is 20.3 Å². The highest BCUT2D eigenvalue weighted by molar-refractivity contribution is 4.66. The van der Waals surface area contributed by atoms with Crippen LogP contribution in [0.5, 0.6) is 0 Å². The fourth-order valence-corrected chi connectivity index (χ4v) is 0.498. The zero-order valence-corrected chi connectivity index (χ0v) is 6.76. The fraction of sp³-hybridized carbons (Fsp3) is 0.750. The zero-order chi connectivity index (χ0) is 8.04. The second kappa shape index (κ2) is 4.34. The maximum absolute atomic E-state index is 8.81. The molecular weight excluding hydrogens is 128 g/mol. The second-order valence-corrected chi connectivity index (χ2v) is 3.11. The largest absolute Gasteiger partial charge is 0.502 e. The van der Waals surface area contributed by atoms with Gasteiger partial charge in [-0.2, -0.15) is 0 Å². The molecule has 0 aliphatic heterocycles. The van der Waals surface area contributed by atoms with Crippen molar-refractivity contribution in [2.24, 2.45) is 5.41 Å². The molecule has 0 radical (unpaired) electrons. The molecule has 0 fully saturated rings. The molecule has 0 aliphatic rings. The number of aliphatic hydroxyl groups excluding tert-OH is 1. The van der Waals surface area contributed by atoms with E-state index in [9.17, 15) is 0 Å². The Morgan fingerprint density at radius 2 is 2.20 bits per heavy atom. The lowest BCUT2D eigenvalue weighted by Gasteiger charge is -2.20. The molecule has 0 aromatic rings. The van der Waals surface area contributed by atoms with Gasteiger partial charge in [0, 0.05) is 6.61 Å². The van der Waals surface area contributed by atoms with Crippen LogP contribution in [-0.2, 0) is 4.74 Å². The molecule has 2 heteroatoms. The summed E-state index contributed by atoms with van der Waals surface area (Å²) in [6, 6.07) is 0. The van der Waals surface area contributed by atoms with Gasteiger partial charge in [0.25, 0.3) is 0 Å². The normalized spacial score (nSPS) is 11.1. The van der Waals surface area contributed by atoms with Crippen LogP contribution in [0.3, 0.4) is 0 Å². The molecular formula is C8H16O2. The Kier molecular flexibility index (Phi) is 4.12. The molecule has 0 amide bonds. The van der Waals surface area contributed by atoms with Crippen molar-refractivity contribution < 1.29 is 9.84 Å². The topological polar surface area (TPSA) is 29.5 Å². The summed E-state index contributed by atoms with van der Waals surface area (Å²) in [4.78, 5) is 0. The summed E-state index contributed by atoms with van der Waals surface area (Å²) in [6.07, 6.45) is 2.28. The Labute approximate surface area is 62.5 Å². The van der Waals surface area contributed by atoms with Gasteiger partial charge in [-0.3, -0.25) is 0 Å². The molecule has 0 unspecified atom stereocenters. The molecule has 0 saturated heterocycles. The van der Waals surface area contributed by atoms with E-state index in [1.165, 1.54) is 6.26 Å². The van der Waals surface area contributed by atoms with Gasteiger partial charge in [-0.15, -0.1) is 0 Å². The Morgan fingerprint density at radius 3 is 2.60 bits per heavy atom. The van der Waals surface area contributed by atoms with Gasteiger partial charge in [0.2, 0.25) is 0 Å². The SMILES string of the molecule is C=COCCC(C)(C)CO. The Morgan fingerprint density at radius 1 is 1.60 bits per heavy atom. The van der Waals surface area contributed by atoms with Gasteiger partial charge in [0.1, 0.15) is 0 Å². The minimum absolute atomic E-state index is 0.0248. The first-order valence-corrected chi connectivity index (χ1v) is 3.46. The van der Waals surface area contributed by atoms with Crippen LogP contribution in [0.25, 0.3) is 0 Å². The van der Waals surface area contributed by atoms with Crippen molar-refractivity contribution in [3.63, 3.8) is 0 Å². The third-order valence-corrected chi connectivity index (χ3v) is 1.44. The molecule has 0 atom stereocenters. The summed E-state index contributed by atoms with van der Waals surface area (Å²) in [5.74, 6) is 0. The monoisotopic (exact) mass is 144 g/mol. The number of ether oxygens (including phenoxy) is 1. The Bertz CT molecular complexity index is 97.4. The molecule has 0 aromatic heterocycles. The third-order valence-electron chi connectivity index (χ3n) is 1.44. The van der Waals surface area contributed by atoms with Gasteiger partial charge in [-0.05, 0) is 11.8 Å². The van der Waals surface area contributed by atoms with Gasteiger partial charge < -0.3 is 9.84 Å². The van der Waals surface area contributed by atoms with E-state index in [0.29, 0.717) is 6.61 Å². The molecule has 0 aliphatic carbocycles. The molecule has 1 N–H and O–H groups in total. The van der Waals surface area contributed by atoms with Crippen molar-refractivity contribution >= 4 is 0 Å². The van der Waals surface area contributed by atoms with Gasteiger partial charge in [-0.1, -0.05) is 20.4 Å². The lowest BCUT2D eigenvalue weighted by Crippen LogP contribution is -2.18. The summed E-state index contributed by atoms with van der Waals surface area (Å²) in [6.45, 7) is 8.26. The van der Waals surface area contributed by atoms with Crippen LogP contribution < -0.4 is 0 Å². The smallest absolute Gasteiger partial charge is 0.0878 e. The fourth-order valence-electron chi connectivity index (χ4n) is 0.498. The standard InChI is InChI=1S/C8H16O2/c1-4-10-6-5-8(2,3)7-9/h4,9H,1,5-7H2,2-3H3. The van der Waals surface area contributed by atoms with E-state index in [4.69, 9.17) is 9.84 Å². The highest BCUT2D eigenvalue weighted by atomic mass is 16.5. The molecule has 60 valence electrons. The number of hydrogen-bond acceptors (Lipinski definition) is 2.